The third kappa shape index (κ3) is 2.18. The van der Waals surface area contributed by atoms with Crippen LogP contribution in [0, 0.1) is 11.7 Å². The van der Waals surface area contributed by atoms with E-state index in [4.69, 9.17) is 9.84 Å². The zero-order chi connectivity index (χ0) is 14.1. The van der Waals surface area contributed by atoms with E-state index in [1.807, 2.05) is 0 Å². The second-order valence-corrected chi connectivity index (χ2v) is 4.69. The van der Waals surface area contributed by atoms with Crippen molar-refractivity contribution < 1.29 is 19.0 Å². The first-order chi connectivity index (χ1) is 9.66. The monoisotopic (exact) mass is 276 g/mol. The van der Waals surface area contributed by atoms with Crippen LogP contribution in [0.1, 0.15) is 18.1 Å². The first kappa shape index (κ1) is 12.8. The molecule has 2 aromatic rings. The Labute approximate surface area is 114 Å². The molecule has 2 atom stereocenters. The Kier molecular flexibility index (Phi) is 3.23. The first-order valence-electron chi connectivity index (χ1n) is 6.30. The van der Waals surface area contributed by atoms with Crippen LogP contribution in [0.4, 0.5) is 4.39 Å². The third-order valence-corrected chi connectivity index (χ3v) is 3.44. The van der Waals surface area contributed by atoms with Crippen molar-refractivity contribution in [2.75, 3.05) is 6.61 Å². The summed E-state index contributed by atoms with van der Waals surface area (Å²) in [7, 11) is 0. The minimum Gasteiger partial charge on any atom is -0.481 e. The number of aliphatic carboxylic acids is 1. The van der Waals surface area contributed by atoms with Gasteiger partial charge in [-0.1, -0.05) is 12.1 Å². The zero-order valence-corrected chi connectivity index (χ0v) is 10.6. The highest BCUT2D eigenvalue weighted by Gasteiger charge is 2.36. The van der Waals surface area contributed by atoms with E-state index in [2.05, 4.69) is 5.10 Å². The molecule has 0 amide bonds. The van der Waals surface area contributed by atoms with Gasteiger partial charge in [0.1, 0.15) is 11.5 Å². The fourth-order valence-corrected chi connectivity index (χ4v) is 2.42. The van der Waals surface area contributed by atoms with Gasteiger partial charge in [-0.25, -0.2) is 9.07 Å². The fourth-order valence-electron chi connectivity index (χ4n) is 2.42. The van der Waals surface area contributed by atoms with Crippen LogP contribution in [0.5, 0.6) is 0 Å². The molecular weight excluding hydrogens is 263 g/mol. The van der Waals surface area contributed by atoms with Gasteiger partial charge in [-0.15, -0.1) is 0 Å². The number of aromatic nitrogens is 2. The van der Waals surface area contributed by atoms with Crippen LogP contribution in [0.15, 0.2) is 36.7 Å². The van der Waals surface area contributed by atoms with E-state index >= 15 is 0 Å². The average Bonchev–Trinajstić information content (AvgIpc) is 3.07. The Morgan fingerprint density at radius 1 is 1.45 bits per heavy atom. The minimum absolute atomic E-state index is 0.323. The summed E-state index contributed by atoms with van der Waals surface area (Å²) in [6.45, 7) is 0.409. The summed E-state index contributed by atoms with van der Waals surface area (Å²) < 4.78 is 20.5. The van der Waals surface area contributed by atoms with Gasteiger partial charge in [0.15, 0.2) is 0 Å². The molecule has 1 N–H and O–H groups in total. The molecule has 0 aliphatic carbocycles. The molecule has 0 bridgehead atoms. The molecular formula is C14H13FN2O3. The Hall–Kier alpha value is -2.21. The molecule has 1 aromatic carbocycles. The van der Waals surface area contributed by atoms with Gasteiger partial charge in [0.25, 0.3) is 0 Å². The Balaban J connectivity index is 1.91. The van der Waals surface area contributed by atoms with Crippen molar-refractivity contribution in [2.45, 2.75) is 12.5 Å². The molecule has 0 saturated carbocycles. The maximum absolute atomic E-state index is 13.7. The van der Waals surface area contributed by atoms with E-state index in [1.165, 1.54) is 16.9 Å². The summed E-state index contributed by atoms with van der Waals surface area (Å²) in [6, 6.07) is 6.27. The average molecular weight is 276 g/mol. The van der Waals surface area contributed by atoms with Crippen LogP contribution < -0.4 is 0 Å². The van der Waals surface area contributed by atoms with Crippen molar-refractivity contribution in [1.29, 1.82) is 0 Å². The van der Waals surface area contributed by atoms with Crippen molar-refractivity contribution in [2.24, 2.45) is 5.92 Å². The molecule has 1 aliphatic heterocycles. The van der Waals surface area contributed by atoms with Crippen LogP contribution >= 0.6 is 0 Å². The van der Waals surface area contributed by atoms with E-state index in [0.29, 0.717) is 24.3 Å². The van der Waals surface area contributed by atoms with Gasteiger partial charge in [0.2, 0.25) is 0 Å². The van der Waals surface area contributed by atoms with Crippen LogP contribution in [0.25, 0.3) is 5.69 Å². The van der Waals surface area contributed by atoms with Crippen LogP contribution in [-0.2, 0) is 9.53 Å². The lowest BCUT2D eigenvalue weighted by Crippen LogP contribution is -2.17. The maximum atomic E-state index is 13.7. The van der Waals surface area contributed by atoms with Crippen LogP contribution in [0.2, 0.25) is 0 Å². The molecule has 1 aromatic heterocycles. The predicted octanol–water partition coefficient (Wildman–Crippen LogP) is 2.17. The molecule has 0 spiro atoms. The number of carbonyl (C=O) groups is 1. The van der Waals surface area contributed by atoms with E-state index in [9.17, 15) is 9.18 Å². The standard InChI is InChI=1S/C14H13FN2O3/c15-11-3-1-2-4-12(11)17-8-9(7-16-17)13-10(14(18)19)5-6-20-13/h1-4,7-8,10,13H,5-6H2,(H,18,19)/t10-,13-/m1/s1. The molecule has 20 heavy (non-hydrogen) atoms. The van der Waals surface area contributed by atoms with E-state index in [-0.39, 0.29) is 5.82 Å². The van der Waals surface area contributed by atoms with E-state index in [1.54, 1.807) is 24.4 Å². The third-order valence-electron chi connectivity index (χ3n) is 3.44. The Bertz CT molecular complexity index is 641. The number of halogens is 1. The Morgan fingerprint density at radius 2 is 2.25 bits per heavy atom. The van der Waals surface area contributed by atoms with Gasteiger partial charge in [-0.2, -0.15) is 5.10 Å². The number of rotatable bonds is 3. The van der Waals surface area contributed by atoms with Crippen molar-refractivity contribution in [3.05, 3.63) is 48.0 Å². The number of carboxylic acids is 1. The highest BCUT2D eigenvalue weighted by Crippen LogP contribution is 2.34. The number of nitrogens with zero attached hydrogens (tertiary/aromatic N) is 2. The van der Waals surface area contributed by atoms with Crippen molar-refractivity contribution in [3.8, 4) is 5.69 Å². The number of carboxylic acid groups (broad SMARTS) is 1. The molecule has 3 rings (SSSR count). The van der Waals surface area contributed by atoms with E-state index < -0.39 is 18.0 Å². The lowest BCUT2D eigenvalue weighted by Gasteiger charge is -2.12. The first-order valence-corrected chi connectivity index (χ1v) is 6.30. The smallest absolute Gasteiger partial charge is 0.309 e. The Morgan fingerprint density at radius 3 is 3.00 bits per heavy atom. The molecule has 6 heteroatoms. The minimum atomic E-state index is -0.883. The number of benzene rings is 1. The maximum Gasteiger partial charge on any atom is 0.309 e. The van der Waals surface area contributed by atoms with Gasteiger partial charge in [0.05, 0.1) is 18.2 Å². The van der Waals surface area contributed by atoms with E-state index in [0.717, 1.165) is 0 Å². The number of hydrogen-bond donors (Lipinski definition) is 1. The quantitative estimate of drug-likeness (QED) is 0.933. The van der Waals surface area contributed by atoms with Gasteiger partial charge in [-0.3, -0.25) is 4.79 Å². The normalized spacial score (nSPS) is 22.1. The zero-order valence-electron chi connectivity index (χ0n) is 10.6. The number of ether oxygens (including phenoxy) is 1. The van der Waals surface area contributed by atoms with Gasteiger partial charge >= 0.3 is 5.97 Å². The number of hydrogen-bond acceptors (Lipinski definition) is 3. The molecule has 1 fully saturated rings. The predicted molar refractivity (Wildman–Crippen MR) is 68.0 cm³/mol. The lowest BCUT2D eigenvalue weighted by molar-refractivity contribution is -0.143. The summed E-state index contributed by atoms with van der Waals surface area (Å²) in [5, 5.41) is 13.2. The second-order valence-electron chi connectivity index (χ2n) is 4.69. The number of para-hydroxylation sites is 1. The highest BCUT2D eigenvalue weighted by molar-refractivity contribution is 5.71. The van der Waals surface area contributed by atoms with Crippen molar-refractivity contribution in [1.82, 2.24) is 9.78 Å². The van der Waals surface area contributed by atoms with Gasteiger partial charge in [0, 0.05) is 18.4 Å². The SMILES string of the molecule is O=C(O)[C@@H]1CCO[C@@H]1c1cnn(-c2ccccc2F)c1. The fraction of sp³-hybridized carbons (Fsp3) is 0.286. The molecule has 2 heterocycles. The second kappa shape index (κ2) is 5.05. The van der Waals surface area contributed by atoms with Crippen molar-refractivity contribution >= 4 is 5.97 Å². The van der Waals surface area contributed by atoms with Gasteiger partial charge < -0.3 is 9.84 Å². The molecule has 104 valence electrons. The largest absolute Gasteiger partial charge is 0.481 e. The molecule has 0 unspecified atom stereocenters. The molecule has 0 radical (unpaired) electrons. The van der Waals surface area contributed by atoms with Crippen LogP contribution in [0.3, 0.4) is 0 Å². The van der Waals surface area contributed by atoms with Crippen LogP contribution in [-0.4, -0.2) is 27.5 Å². The lowest BCUT2D eigenvalue weighted by atomic mass is 9.98. The molecule has 5 nitrogen and oxygen atoms in total. The summed E-state index contributed by atoms with van der Waals surface area (Å²) in [5.74, 6) is -1.84. The summed E-state index contributed by atoms with van der Waals surface area (Å²) >= 11 is 0. The summed E-state index contributed by atoms with van der Waals surface area (Å²) in [6.07, 6.45) is 3.10. The summed E-state index contributed by atoms with van der Waals surface area (Å²) in [4.78, 5) is 11.1. The van der Waals surface area contributed by atoms with Crippen molar-refractivity contribution in [3.63, 3.8) is 0 Å². The molecule has 1 saturated heterocycles. The highest BCUT2D eigenvalue weighted by atomic mass is 19.1. The molecule has 1 aliphatic rings. The summed E-state index contributed by atoms with van der Waals surface area (Å²) in [5.41, 5.74) is 0.974. The van der Waals surface area contributed by atoms with Gasteiger partial charge in [-0.05, 0) is 18.6 Å². The topological polar surface area (TPSA) is 64.3 Å².